The molecule has 2 fully saturated rings. The molecule has 7 nitrogen and oxygen atoms in total. The van der Waals surface area contributed by atoms with Crippen LogP contribution < -0.4 is 5.32 Å². The summed E-state index contributed by atoms with van der Waals surface area (Å²) in [6, 6.07) is 15.7. The molecule has 3 aliphatic rings. The van der Waals surface area contributed by atoms with Crippen molar-refractivity contribution in [3.8, 4) is 11.1 Å². The zero-order valence-electron chi connectivity index (χ0n) is 19.1. The predicted octanol–water partition coefficient (Wildman–Crippen LogP) is 4.02. The van der Waals surface area contributed by atoms with Crippen LogP contribution in [0.2, 0.25) is 0 Å². The lowest BCUT2D eigenvalue weighted by atomic mass is 9.79. The zero-order chi connectivity index (χ0) is 23.7. The van der Waals surface area contributed by atoms with Gasteiger partial charge in [-0.05, 0) is 53.4 Å². The maximum Gasteiger partial charge on any atom is 0.407 e. The standard InChI is InChI=1S/C27H30N2O5/c30-24(31)14-17-12-13-29(15-17)26(32)25(18-6-5-7-18)28-27(33)34-16-23-21-10-3-1-8-19(21)20-9-2-4-11-22(20)23/h1-4,8-11,17-18,23,25H,5-7,12-16H2,(H,28,33)(H,30,31). The third kappa shape index (κ3) is 4.39. The first-order chi connectivity index (χ1) is 16.5. The molecular formula is C27H30N2O5. The summed E-state index contributed by atoms with van der Waals surface area (Å²) in [4.78, 5) is 38.8. The zero-order valence-corrected chi connectivity index (χ0v) is 19.1. The van der Waals surface area contributed by atoms with E-state index < -0.39 is 18.1 Å². The molecule has 1 saturated carbocycles. The minimum atomic E-state index is -0.841. The maximum absolute atomic E-state index is 13.2. The molecule has 2 N–H and O–H groups in total. The van der Waals surface area contributed by atoms with Crippen LogP contribution in [0, 0.1) is 11.8 Å². The number of rotatable bonds is 7. The summed E-state index contributed by atoms with van der Waals surface area (Å²) in [6.07, 6.45) is 3.01. The first-order valence-electron chi connectivity index (χ1n) is 12.1. The van der Waals surface area contributed by atoms with E-state index in [0.717, 1.165) is 30.4 Å². The van der Waals surface area contributed by atoms with Crippen LogP contribution in [0.5, 0.6) is 0 Å². The fourth-order valence-corrected chi connectivity index (χ4v) is 5.56. The molecular weight excluding hydrogens is 432 g/mol. The molecule has 2 aromatic carbocycles. The predicted molar refractivity (Wildman–Crippen MR) is 126 cm³/mol. The molecule has 2 amide bonds. The van der Waals surface area contributed by atoms with Crippen LogP contribution in [0.25, 0.3) is 11.1 Å². The number of nitrogens with one attached hydrogen (secondary N) is 1. The molecule has 1 heterocycles. The van der Waals surface area contributed by atoms with E-state index >= 15 is 0 Å². The molecule has 0 spiro atoms. The normalized spacial score (nSPS) is 20.2. The van der Waals surface area contributed by atoms with Crippen LogP contribution in [0.3, 0.4) is 0 Å². The van der Waals surface area contributed by atoms with Gasteiger partial charge in [0.25, 0.3) is 0 Å². The second-order valence-electron chi connectivity index (χ2n) is 9.68. The number of ether oxygens (including phenoxy) is 1. The van der Waals surface area contributed by atoms with Crippen LogP contribution in [-0.4, -0.2) is 53.7 Å². The lowest BCUT2D eigenvalue weighted by Gasteiger charge is -2.35. The fraction of sp³-hybridized carbons (Fsp3) is 0.444. The minimum Gasteiger partial charge on any atom is -0.481 e. The van der Waals surface area contributed by atoms with Gasteiger partial charge < -0.3 is 20.1 Å². The van der Waals surface area contributed by atoms with E-state index in [9.17, 15) is 14.4 Å². The average molecular weight is 463 g/mol. The number of likely N-dealkylation sites (tertiary alicyclic amines) is 1. The van der Waals surface area contributed by atoms with E-state index in [1.165, 1.54) is 11.1 Å². The highest BCUT2D eigenvalue weighted by molar-refractivity contribution is 5.86. The van der Waals surface area contributed by atoms with Crippen LogP contribution >= 0.6 is 0 Å². The molecule has 2 atom stereocenters. The van der Waals surface area contributed by atoms with E-state index in [1.807, 2.05) is 24.3 Å². The Labute approximate surface area is 199 Å². The number of carbonyl (C=O) groups is 3. The van der Waals surface area contributed by atoms with Gasteiger partial charge in [-0.3, -0.25) is 9.59 Å². The van der Waals surface area contributed by atoms with Crippen LogP contribution in [0.1, 0.15) is 49.1 Å². The van der Waals surface area contributed by atoms with E-state index in [-0.39, 0.29) is 36.7 Å². The average Bonchev–Trinajstić information content (AvgIpc) is 3.38. The molecule has 7 heteroatoms. The monoisotopic (exact) mass is 462 g/mol. The van der Waals surface area contributed by atoms with Gasteiger partial charge in [0, 0.05) is 25.4 Å². The van der Waals surface area contributed by atoms with Gasteiger partial charge in [0.15, 0.2) is 0 Å². The number of carboxylic acids is 1. The Morgan fingerprint density at radius 1 is 1.00 bits per heavy atom. The number of benzene rings is 2. The lowest BCUT2D eigenvalue weighted by Crippen LogP contribution is -2.53. The Kier molecular flexibility index (Phi) is 6.26. The molecule has 0 bridgehead atoms. The van der Waals surface area contributed by atoms with Crippen molar-refractivity contribution in [3.05, 3.63) is 59.7 Å². The number of hydrogen-bond donors (Lipinski definition) is 2. The maximum atomic E-state index is 13.2. The summed E-state index contributed by atoms with van der Waals surface area (Å²) in [7, 11) is 0. The van der Waals surface area contributed by atoms with Gasteiger partial charge in [-0.1, -0.05) is 55.0 Å². The molecule has 1 saturated heterocycles. The Morgan fingerprint density at radius 3 is 2.24 bits per heavy atom. The Morgan fingerprint density at radius 2 is 1.65 bits per heavy atom. The van der Waals surface area contributed by atoms with Gasteiger partial charge in [0.2, 0.25) is 5.91 Å². The van der Waals surface area contributed by atoms with Crippen molar-refractivity contribution in [3.63, 3.8) is 0 Å². The van der Waals surface area contributed by atoms with Gasteiger partial charge in [-0.25, -0.2) is 4.79 Å². The van der Waals surface area contributed by atoms with Gasteiger partial charge in [-0.15, -0.1) is 0 Å². The van der Waals surface area contributed by atoms with E-state index in [0.29, 0.717) is 19.5 Å². The van der Waals surface area contributed by atoms with Crippen LogP contribution in [-0.2, 0) is 14.3 Å². The first-order valence-corrected chi connectivity index (χ1v) is 12.1. The Hall–Kier alpha value is -3.35. The summed E-state index contributed by atoms with van der Waals surface area (Å²) < 4.78 is 5.68. The number of amides is 2. The lowest BCUT2D eigenvalue weighted by molar-refractivity contribution is -0.139. The fourth-order valence-electron chi connectivity index (χ4n) is 5.56. The number of aliphatic carboxylic acids is 1. The van der Waals surface area contributed by atoms with Gasteiger partial charge in [-0.2, -0.15) is 0 Å². The molecule has 0 radical (unpaired) electrons. The van der Waals surface area contributed by atoms with E-state index in [2.05, 4.69) is 29.6 Å². The van der Waals surface area contributed by atoms with Crippen molar-refractivity contribution in [1.29, 1.82) is 0 Å². The summed E-state index contributed by atoms with van der Waals surface area (Å²) in [5, 5.41) is 11.9. The molecule has 0 aromatic heterocycles. The molecule has 5 rings (SSSR count). The van der Waals surface area contributed by atoms with Crippen molar-refractivity contribution in [2.75, 3.05) is 19.7 Å². The highest BCUT2D eigenvalue weighted by atomic mass is 16.5. The number of carbonyl (C=O) groups excluding carboxylic acids is 2. The highest BCUT2D eigenvalue weighted by Gasteiger charge is 2.39. The van der Waals surface area contributed by atoms with Gasteiger partial charge in [0.05, 0.1) is 0 Å². The van der Waals surface area contributed by atoms with E-state index in [1.54, 1.807) is 4.90 Å². The summed E-state index contributed by atoms with van der Waals surface area (Å²) in [5.41, 5.74) is 4.62. The highest BCUT2D eigenvalue weighted by Crippen LogP contribution is 2.44. The first kappa shape index (κ1) is 22.4. The number of nitrogens with zero attached hydrogens (tertiary/aromatic N) is 1. The van der Waals surface area contributed by atoms with Crippen LogP contribution in [0.4, 0.5) is 4.79 Å². The second kappa shape index (κ2) is 9.49. The number of carboxylic acid groups (broad SMARTS) is 1. The van der Waals surface area contributed by atoms with E-state index in [4.69, 9.17) is 9.84 Å². The Balaban J connectivity index is 1.23. The third-order valence-corrected chi connectivity index (χ3v) is 7.57. The number of alkyl carbamates (subject to hydrolysis) is 1. The summed E-state index contributed by atoms with van der Waals surface area (Å²) in [6.45, 7) is 1.17. The smallest absolute Gasteiger partial charge is 0.407 e. The third-order valence-electron chi connectivity index (χ3n) is 7.57. The number of hydrogen-bond acceptors (Lipinski definition) is 4. The molecule has 2 unspecified atom stereocenters. The number of fused-ring (bicyclic) bond motifs is 3. The SMILES string of the molecule is O=C(O)CC1CCN(C(=O)C(NC(=O)OCC2c3ccccc3-c3ccccc32)C2CCC2)C1. The largest absolute Gasteiger partial charge is 0.481 e. The topological polar surface area (TPSA) is 95.9 Å². The van der Waals surface area contributed by atoms with Crippen LogP contribution in [0.15, 0.2) is 48.5 Å². The van der Waals surface area contributed by atoms with Crippen molar-refractivity contribution in [2.24, 2.45) is 11.8 Å². The minimum absolute atomic E-state index is 0.0297. The Bertz CT molecular complexity index is 1050. The molecule has 178 valence electrons. The second-order valence-corrected chi connectivity index (χ2v) is 9.68. The van der Waals surface area contributed by atoms with Crippen molar-refractivity contribution in [2.45, 2.75) is 44.1 Å². The molecule has 2 aliphatic carbocycles. The quantitative estimate of drug-likeness (QED) is 0.648. The molecule has 1 aliphatic heterocycles. The molecule has 34 heavy (non-hydrogen) atoms. The van der Waals surface area contributed by atoms with Crippen molar-refractivity contribution < 1.29 is 24.2 Å². The van der Waals surface area contributed by atoms with Gasteiger partial charge >= 0.3 is 12.1 Å². The summed E-state index contributed by atoms with van der Waals surface area (Å²) in [5.74, 6) is -0.923. The van der Waals surface area contributed by atoms with Crippen molar-refractivity contribution in [1.82, 2.24) is 10.2 Å². The molecule has 2 aromatic rings. The summed E-state index contributed by atoms with van der Waals surface area (Å²) >= 11 is 0. The van der Waals surface area contributed by atoms with Gasteiger partial charge in [0.1, 0.15) is 12.6 Å². The van der Waals surface area contributed by atoms with Crippen molar-refractivity contribution >= 4 is 18.0 Å².